The zero-order valence-electron chi connectivity index (χ0n) is 11.3. The number of hydrogen-bond donors (Lipinski definition) is 1. The van der Waals surface area contributed by atoms with E-state index < -0.39 is 0 Å². The maximum atomic E-state index is 12.1. The molecule has 1 fully saturated rings. The van der Waals surface area contributed by atoms with Gasteiger partial charge in [-0.2, -0.15) is 10.4 Å². The van der Waals surface area contributed by atoms with E-state index in [-0.39, 0.29) is 17.2 Å². The third kappa shape index (κ3) is 2.83. The zero-order valence-corrected chi connectivity index (χ0v) is 11.3. The number of aryl methyl sites for hydroxylation is 1. The second kappa shape index (κ2) is 5.51. The molecule has 0 aliphatic carbocycles. The standard InChI is InChI=1S/C13H18N4O2/c1-9-10(2)15-17(13(19)12(9)7-14)8-16-5-3-11(18)4-6-16/h11,18H,3-6,8H2,1-2H3. The minimum Gasteiger partial charge on any atom is -0.393 e. The van der Waals surface area contributed by atoms with Gasteiger partial charge in [-0.05, 0) is 32.3 Å². The lowest BCUT2D eigenvalue weighted by Crippen LogP contribution is -2.41. The van der Waals surface area contributed by atoms with Crippen molar-refractivity contribution < 1.29 is 5.11 Å². The molecule has 6 nitrogen and oxygen atoms in total. The number of aliphatic hydroxyl groups excluding tert-OH is 1. The fraction of sp³-hybridized carbons (Fsp3) is 0.615. The van der Waals surface area contributed by atoms with Crippen molar-refractivity contribution in [1.82, 2.24) is 14.7 Å². The summed E-state index contributed by atoms with van der Waals surface area (Å²) in [6, 6.07) is 1.96. The molecule has 1 aromatic rings. The Morgan fingerprint density at radius 3 is 2.63 bits per heavy atom. The summed E-state index contributed by atoms with van der Waals surface area (Å²) in [5.74, 6) is 0. The molecule has 0 radical (unpaired) electrons. The highest BCUT2D eigenvalue weighted by Gasteiger charge is 2.19. The van der Waals surface area contributed by atoms with Crippen LogP contribution >= 0.6 is 0 Å². The van der Waals surface area contributed by atoms with Gasteiger partial charge in [0.25, 0.3) is 5.56 Å². The van der Waals surface area contributed by atoms with Crippen LogP contribution in [0.4, 0.5) is 0 Å². The van der Waals surface area contributed by atoms with Crippen molar-refractivity contribution in [2.24, 2.45) is 0 Å². The molecule has 2 rings (SSSR count). The molecular formula is C13H18N4O2. The zero-order chi connectivity index (χ0) is 14.0. The van der Waals surface area contributed by atoms with Crippen LogP contribution in [0.5, 0.6) is 0 Å². The lowest BCUT2D eigenvalue weighted by Gasteiger charge is -2.29. The normalized spacial score (nSPS) is 17.4. The van der Waals surface area contributed by atoms with Crippen LogP contribution in [0, 0.1) is 25.2 Å². The first kappa shape index (κ1) is 13.7. The topological polar surface area (TPSA) is 82.2 Å². The van der Waals surface area contributed by atoms with Gasteiger partial charge in [-0.15, -0.1) is 0 Å². The molecule has 102 valence electrons. The Morgan fingerprint density at radius 2 is 2.05 bits per heavy atom. The first-order valence-electron chi connectivity index (χ1n) is 6.41. The average molecular weight is 262 g/mol. The molecule has 0 saturated carbocycles. The van der Waals surface area contributed by atoms with Crippen molar-refractivity contribution in [2.45, 2.75) is 39.5 Å². The Hall–Kier alpha value is -1.71. The van der Waals surface area contributed by atoms with E-state index in [4.69, 9.17) is 5.26 Å². The number of likely N-dealkylation sites (tertiary alicyclic amines) is 1. The maximum absolute atomic E-state index is 12.1. The molecule has 1 N–H and O–H groups in total. The molecule has 19 heavy (non-hydrogen) atoms. The maximum Gasteiger partial charge on any atom is 0.286 e. The van der Waals surface area contributed by atoms with Crippen molar-refractivity contribution in [2.75, 3.05) is 13.1 Å². The highest BCUT2D eigenvalue weighted by atomic mass is 16.3. The van der Waals surface area contributed by atoms with Gasteiger partial charge in [-0.25, -0.2) is 4.68 Å². The van der Waals surface area contributed by atoms with Crippen LogP contribution in [0.1, 0.15) is 29.7 Å². The molecule has 1 aliphatic heterocycles. The van der Waals surface area contributed by atoms with E-state index in [2.05, 4.69) is 10.00 Å². The molecule has 0 unspecified atom stereocenters. The van der Waals surface area contributed by atoms with Crippen molar-refractivity contribution in [3.05, 3.63) is 27.2 Å². The minimum atomic E-state index is -0.336. The highest BCUT2D eigenvalue weighted by Crippen LogP contribution is 2.11. The van der Waals surface area contributed by atoms with E-state index in [9.17, 15) is 9.90 Å². The predicted octanol–water partition coefficient (Wildman–Crippen LogP) is 0.146. The summed E-state index contributed by atoms with van der Waals surface area (Å²) in [6.07, 6.45) is 1.19. The Labute approximate surface area is 111 Å². The molecular weight excluding hydrogens is 244 g/mol. The van der Waals surface area contributed by atoms with Crippen molar-refractivity contribution >= 4 is 0 Å². The number of aromatic nitrogens is 2. The van der Waals surface area contributed by atoms with Gasteiger partial charge in [0.2, 0.25) is 0 Å². The van der Waals surface area contributed by atoms with E-state index >= 15 is 0 Å². The van der Waals surface area contributed by atoms with Crippen LogP contribution < -0.4 is 5.56 Å². The molecule has 0 bridgehead atoms. The van der Waals surface area contributed by atoms with Crippen LogP contribution in [-0.4, -0.2) is 39.0 Å². The van der Waals surface area contributed by atoms with Gasteiger partial charge in [-0.1, -0.05) is 0 Å². The monoisotopic (exact) mass is 262 g/mol. The summed E-state index contributed by atoms with van der Waals surface area (Å²) in [7, 11) is 0. The third-order valence-corrected chi connectivity index (χ3v) is 3.64. The molecule has 0 aromatic carbocycles. The largest absolute Gasteiger partial charge is 0.393 e. The van der Waals surface area contributed by atoms with Gasteiger partial charge in [0.05, 0.1) is 18.5 Å². The summed E-state index contributed by atoms with van der Waals surface area (Å²) >= 11 is 0. The summed E-state index contributed by atoms with van der Waals surface area (Å²) in [6.45, 7) is 5.39. The SMILES string of the molecule is Cc1nn(CN2CCC(O)CC2)c(=O)c(C#N)c1C. The Kier molecular flexibility index (Phi) is 3.98. The fourth-order valence-corrected chi connectivity index (χ4v) is 2.25. The number of hydrogen-bond acceptors (Lipinski definition) is 5. The molecule has 0 amide bonds. The van der Waals surface area contributed by atoms with Gasteiger partial charge < -0.3 is 5.11 Å². The quantitative estimate of drug-likeness (QED) is 0.820. The van der Waals surface area contributed by atoms with E-state index in [1.807, 2.05) is 6.07 Å². The molecule has 1 saturated heterocycles. The second-order valence-corrected chi connectivity index (χ2v) is 4.99. The van der Waals surface area contributed by atoms with Crippen LogP contribution in [0.2, 0.25) is 0 Å². The molecule has 6 heteroatoms. The van der Waals surface area contributed by atoms with Gasteiger partial charge in [0.15, 0.2) is 0 Å². The third-order valence-electron chi connectivity index (χ3n) is 3.64. The first-order chi connectivity index (χ1) is 9.02. The van der Waals surface area contributed by atoms with E-state index in [1.165, 1.54) is 4.68 Å². The summed E-state index contributed by atoms with van der Waals surface area (Å²) in [5, 5.41) is 22.8. The van der Waals surface area contributed by atoms with Crippen molar-refractivity contribution in [3.63, 3.8) is 0 Å². The molecule has 2 heterocycles. The highest BCUT2D eigenvalue weighted by molar-refractivity contribution is 5.36. The fourth-order valence-electron chi connectivity index (χ4n) is 2.25. The smallest absolute Gasteiger partial charge is 0.286 e. The van der Waals surface area contributed by atoms with E-state index in [0.29, 0.717) is 30.8 Å². The number of nitriles is 1. The van der Waals surface area contributed by atoms with Crippen LogP contribution in [-0.2, 0) is 6.67 Å². The Morgan fingerprint density at radius 1 is 1.42 bits per heavy atom. The number of nitrogens with zero attached hydrogens (tertiary/aromatic N) is 4. The summed E-state index contributed by atoms with van der Waals surface area (Å²) in [5.41, 5.74) is 1.19. The Bertz CT molecular complexity index is 565. The average Bonchev–Trinajstić information content (AvgIpc) is 2.39. The van der Waals surface area contributed by atoms with Gasteiger partial charge in [0, 0.05) is 13.1 Å². The van der Waals surface area contributed by atoms with Gasteiger partial charge in [0.1, 0.15) is 11.6 Å². The number of rotatable bonds is 2. The first-order valence-corrected chi connectivity index (χ1v) is 6.41. The lowest BCUT2D eigenvalue weighted by molar-refractivity contribution is 0.0642. The number of piperidine rings is 1. The van der Waals surface area contributed by atoms with E-state index in [0.717, 1.165) is 13.1 Å². The van der Waals surface area contributed by atoms with Crippen molar-refractivity contribution in [3.8, 4) is 6.07 Å². The molecule has 1 aliphatic rings. The van der Waals surface area contributed by atoms with Gasteiger partial charge in [-0.3, -0.25) is 9.69 Å². The minimum absolute atomic E-state index is 0.171. The molecule has 1 aromatic heterocycles. The van der Waals surface area contributed by atoms with Crippen LogP contribution in [0.25, 0.3) is 0 Å². The lowest BCUT2D eigenvalue weighted by atomic mass is 10.1. The van der Waals surface area contributed by atoms with Crippen molar-refractivity contribution in [1.29, 1.82) is 5.26 Å². The molecule has 0 atom stereocenters. The number of aliphatic hydroxyl groups is 1. The Balaban J connectivity index is 2.24. The van der Waals surface area contributed by atoms with Gasteiger partial charge >= 0.3 is 0 Å². The second-order valence-electron chi connectivity index (χ2n) is 4.99. The summed E-state index contributed by atoms with van der Waals surface area (Å²) < 4.78 is 1.35. The van der Waals surface area contributed by atoms with Crippen LogP contribution in [0.15, 0.2) is 4.79 Å². The predicted molar refractivity (Wildman–Crippen MR) is 69.5 cm³/mol. The van der Waals surface area contributed by atoms with E-state index in [1.54, 1.807) is 13.8 Å². The van der Waals surface area contributed by atoms with Crippen LogP contribution in [0.3, 0.4) is 0 Å². The molecule has 0 spiro atoms. The summed E-state index contributed by atoms with van der Waals surface area (Å²) in [4.78, 5) is 14.2.